The Balaban J connectivity index is 2.63. The van der Waals surface area contributed by atoms with Crippen molar-refractivity contribution in [3.05, 3.63) is 12.4 Å². The zero-order valence-corrected chi connectivity index (χ0v) is 10.1. The highest BCUT2D eigenvalue weighted by atomic mass is 16.5. The molecule has 90 valence electrons. The van der Waals surface area contributed by atoms with Crippen molar-refractivity contribution in [1.29, 1.82) is 0 Å². The van der Waals surface area contributed by atoms with E-state index in [1.54, 1.807) is 6.20 Å². The third-order valence-electron chi connectivity index (χ3n) is 2.51. The second-order valence-corrected chi connectivity index (χ2v) is 3.42. The smallest absolute Gasteiger partial charge is 0.307 e. The molecule has 0 bridgehead atoms. The minimum atomic E-state index is -0.187. The maximum Gasteiger partial charge on any atom is 0.307 e. The van der Waals surface area contributed by atoms with Gasteiger partial charge < -0.3 is 14.2 Å². The zero-order valence-electron chi connectivity index (χ0n) is 10.1. The maximum absolute atomic E-state index is 11.1. The van der Waals surface area contributed by atoms with E-state index in [2.05, 4.69) is 26.1 Å². The van der Waals surface area contributed by atoms with Crippen LogP contribution in [0.5, 0.6) is 0 Å². The lowest BCUT2D eigenvalue weighted by atomic mass is 10.4. The average Bonchev–Trinajstić information content (AvgIpc) is 2.77. The van der Waals surface area contributed by atoms with E-state index in [1.165, 1.54) is 7.11 Å². The number of methoxy groups -OCH3 is 1. The number of carbonyl (C=O) groups excluding carboxylic acids is 1. The number of aromatic nitrogens is 2. The van der Waals surface area contributed by atoms with E-state index in [0.29, 0.717) is 13.0 Å². The van der Waals surface area contributed by atoms with Crippen LogP contribution in [-0.4, -0.2) is 35.7 Å². The molecular formula is C11H19N3O2. The Morgan fingerprint density at radius 1 is 1.56 bits per heavy atom. The highest BCUT2D eigenvalue weighted by molar-refractivity contribution is 5.69. The molecule has 0 saturated carbocycles. The number of esters is 1. The van der Waals surface area contributed by atoms with Crippen molar-refractivity contribution in [3.63, 3.8) is 0 Å². The summed E-state index contributed by atoms with van der Waals surface area (Å²) in [6.07, 6.45) is 4.11. The molecule has 1 heterocycles. The minimum Gasteiger partial charge on any atom is -0.469 e. The van der Waals surface area contributed by atoms with Gasteiger partial charge in [0.15, 0.2) is 0 Å². The van der Waals surface area contributed by atoms with Gasteiger partial charge in [0.05, 0.1) is 13.5 Å². The van der Waals surface area contributed by atoms with Gasteiger partial charge in [0.2, 0.25) is 5.95 Å². The number of rotatable bonds is 6. The van der Waals surface area contributed by atoms with Crippen LogP contribution in [0.25, 0.3) is 0 Å². The Morgan fingerprint density at radius 2 is 2.31 bits per heavy atom. The molecule has 0 saturated heterocycles. The van der Waals surface area contributed by atoms with E-state index in [1.807, 2.05) is 13.1 Å². The second kappa shape index (κ2) is 6.15. The number of ether oxygens (including phenoxy) is 1. The number of hydrogen-bond donors (Lipinski definition) is 0. The van der Waals surface area contributed by atoms with Crippen molar-refractivity contribution in [3.8, 4) is 0 Å². The van der Waals surface area contributed by atoms with Crippen molar-refractivity contribution >= 4 is 11.9 Å². The third-order valence-corrected chi connectivity index (χ3v) is 2.51. The van der Waals surface area contributed by atoms with Gasteiger partial charge in [0.25, 0.3) is 0 Å². The van der Waals surface area contributed by atoms with E-state index in [0.717, 1.165) is 19.0 Å². The predicted molar refractivity (Wildman–Crippen MR) is 62.4 cm³/mol. The highest BCUT2D eigenvalue weighted by Crippen LogP contribution is 2.11. The van der Waals surface area contributed by atoms with E-state index >= 15 is 0 Å². The molecule has 0 atom stereocenters. The fraction of sp³-hybridized carbons (Fsp3) is 0.636. The summed E-state index contributed by atoms with van der Waals surface area (Å²) in [5.74, 6) is 0.724. The van der Waals surface area contributed by atoms with Crippen LogP contribution in [-0.2, 0) is 16.1 Å². The molecule has 0 fully saturated rings. The Bertz CT molecular complexity index is 336. The topological polar surface area (TPSA) is 47.4 Å². The van der Waals surface area contributed by atoms with Crippen molar-refractivity contribution in [2.75, 3.05) is 25.1 Å². The number of imidazole rings is 1. The Labute approximate surface area is 96.0 Å². The molecule has 16 heavy (non-hydrogen) atoms. The van der Waals surface area contributed by atoms with Crippen LogP contribution in [0.15, 0.2) is 12.4 Å². The van der Waals surface area contributed by atoms with Gasteiger partial charge in [-0.1, -0.05) is 0 Å². The number of anilines is 1. The summed E-state index contributed by atoms with van der Waals surface area (Å²) in [5, 5.41) is 0. The first kappa shape index (κ1) is 12.5. The SMILES string of the molecule is CCN(CCC(=O)OC)c1nccn1CC. The lowest BCUT2D eigenvalue weighted by Gasteiger charge is -2.21. The van der Waals surface area contributed by atoms with Crippen LogP contribution >= 0.6 is 0 Å². The lowest BCUT2D eigenvalue weighted by Crippen LogP contribution is -2.28. The summed E-state index contributed by atoms with van der Waals surface area (Å²) in [6.45, 7) is 6.46. The molecule has 5 heteroatoms. The van der Waals surface area contributed by atoms with Gasteiger partial charge in [0.1, 0.15) is 0 Å². The first-order valence-electron chi connectivity index (χ1n) is 5.55. The average molecular weight is 225 g/mol. The fourth-order valence-electron chi connectivity index (χ4n) is 1.56. The van der Waals surface area contributed by atoms with E-state index in [-0.39, 0.29) is 5.97 Å². The first-order chi connectivity index (χ1) is 7.72. The van der Waals surface area contributed by atoms with Crippen LogP contribution < -0.4 is 4.90 Å². The van der Waals surface area contributed by atoms with Gasteiger partial charge in [-0.3, -0.25) is 4.79 Å². The molecule has 0 spiro atoms. The van der Waals surface area contributed by atoms with Gasteiger partial charge in [-0.25, -0.2) is 4.98 Å². The minimum absolute atomic E-state index is 0.187. The Hall–Kier alpha value is -1.52. The second-order valence-electron chi connectivity index (χ2n) is 3.42. The van der Waals surface area contributed by atoms with E-state index < -0.39 is 0 Å². The number of hydrogen-bond acceptors (Lipinski definition) is 4. The van der Waals surface area contributed by atoms with E-state index in [9.17, 15) is 4.79 Å². The van der Waals surface area contributed by atoms with Gasteiger partial charge in [-0.05, 0) is 13.8 Å². The van der Waals surface area contributed by atoms with Crippen LogP contribution in [0.3, 0.4) is 0 Å². The quantitative estimate of drug-likeness (QED) is 0.684. The molecule has 0 aliphatic heterocycles. The molecule has 0 aliphatic rings. The number of aryl methyl sites for hydroxylation is 1. The number of carbonyl (C=O) groups is 1. The molecule has 0 aliphatic carbocycles. The fourth-order valence-corrected chi connectivity index (χ4v) is 1.56. The summed E-state index contributed by atoms with van der Waals surface area (Å²) in [7, 11) is 1.41. The first-order valence-corrected chi connectivity index (χ1v) is 5.55. The van der Waals surface area contributed by atoms with Gasteiger partial charge in [-0.15, -0.1) is 0 Å². The molecule has 0 N–H and O–H groups in total. The van der Waals surface area contributed by atoms with Crippen molar-refractivity contribution in [1.82, 2.24) is 9.55 Å². The molecule has 0 amide bonds. The largest absolute Gasteiger partial charge is 0.469 e. The summed E-state index contributed by atoms with van der Waals surface area (Å²) in [4.78, 5) is 17.4. The molecule has 0 radical (unpaired) electrons. The summed E-state index contributed by atoms with van der Waals surface area (Å²) >= 11 is 0. The Kier molecular flexibility index (Phi) is 4.82. The predicted octanol–water partition coefficient (Wildman–Crippen LogP) is 1.29. The molecule has 1 rings (SSSR count). The highest BCUT2D eigenvalue weighted by Gasteiger charge is 2.11. The number of nitrogens with zero attached hydrogens (tertiary/aromatic N) is 3. The Morgan fingerprint density at radius 3 is 2.88 bits per heavy atom. The lowest BCUT2D eigenvalue weighted by molar-refractivity contribution is -0.140. The summed E-state index contributed by atoms with van der Waals surface area (Å²) < 4.78 is 6.68. The van der Waals surface area contributed by atoms with Crippen LogP contribution in [0, 0.1) is 0 Å². The zero-order chi connectivity index (χ0) is 12.0. The van der Waals surface area contributed by atoms with Crippen LogP contribution in [0.4, 0.5) is 5.95 Å². The van der Waals surface area contributed by atoms with Crippen molar-refractivity contribution in [2.45, 2.75) is 26.8 Å². The molecule has 0 aromatic carbocycles. The summed E-state index contributed by atoms with van der Waals surface area (Å²) in [5.41, 5.74) is 0. The van der Waals surface area contributed by atoms with Crippen molar-refractivity contribution < 1.29 is 9.53 Å². The maximum atomic E-state index is 11.1. The van der Waals surface area contributed by atoms with Crippen molar-refractivity contribution in [2.24, 2.45) is 0 Å². The monoisotopic (exact) mass is 225 g/mol. The van der Waals surface area contributed by atoms with Crippen LogP contribution in [0.2, 0.25) is 0 Å². The summed E-state index contributed by atoms with van der Waals surface area (Å²) in [6, 6.07) is 0. The molecule has 5 nitrogen and oxygen atoms in total. The molecule has 0 unspecified atom stereocenters. The standard InChI is InChI=1S/C11H19N3O2/c1-4-13(8-6-10(15)16-3)11-12-7-9-14(11)5-2/h7,9H,4-6,8H2,1-3H3. The van der Waals surface area contributed by atoms with Gasteiger partial charge in [-0.2, -0.15) is 0 Å². The molecular weight excluding hydrogens is 206 g/mol. The normalized spacial score (nSPS) is 10.2. The van der Waals surface area contributed by atoms with Gasteiger partial charge >= 0.3 is 5.97 Å². The van der Waals surface area contributed by atoms with Gasteiger partial charge in [0, 0.05) is 32.0 Å². The molecule has 1 aromatic rings. The third kappa shape index (κ3) is 2.98. The van der Waals surface area contributed by atoms with E-state index in [4.69, 9.17) is 0 Å². The molecule has 1 aromatic heterocycles. The van der Waals surface area contributed by atoms with Crippen LogP contribution in [0.1, 0.15) is 20.3 Å².